The third-order valence-corrected chi connectivity index (χ3v) is 6.62. The quantitative estimate of drug-likeness (QED) is 0.845. The number of rotatable bonds is 3. The van der Waals surface area contributed by atoms with Crippen LogP contribution >= 0.6 is 11.6 Å². The van der Waals surface area contributed by atoms with Crippen molar-refractivity contribution in [3.63, 3.8) is 0 Å². The van der Waals surface area contributed by atoms with Crippen LogP contribution in [0, 0.1) is 11.3 Å². The predicted octanol–water partition coefficient (Wildman–Crippen LogP) is 2.07. The van der Waals surface area contributed by atoms with Crippen LogP contribution in [0.5, 0.6) is 0 Å². The maximum absolute atomic E-state index is 12.8. The minimum absolute atomic E-state index is 0.0569. The van der Waals surface area contributed by atoms with Gasteiger partial charge in [0, 0.05) is 24.2 Å². The summed E-state index contributed by atoms with van der Waals surface area (Å²) in [5.74, 6) is 0. The zero-order chi connectivity index (χ0) is 15.7. The number of nitriles is 1. The Hall–Kier alpha value is -1.13. The van der Waals surface area contributed by atoms with Gasteiger partial charge in [-0.2, -0.15) is 9.57 Å². The lowest BCUT2D eigenvalue weighted by atomic mass is 10.2. The predicted molar refractivity (Wildman–Crippen MR) is 84.1 cm³/mol. The summed E-state index contributed by atoms with van der Waals surface area (Å²) in [7, 11) is -3.64. The Bertz CT molecular complexity index is 708. The van der Waals surface area contributed by atoms with Crippen molar-refractivity contribution in [1.29, 1.82) is 5.26 Å². The van der Waals surface area contributed by atoms with Crippen molar-refractivity contribution in [2.45, 2.75) is 30.2 Å². The molecular formula is C15H18ClN3O2S. The minimum atomic E-state index is -3.64. The number of halogens is 1. The van der Waals surface area contributed by atoms with Crippen molar-refractivity contribution in [1.82, 2.24) is 9.21 Å². The summed E-state index contributed by atoms with van der Waals surface area (Å²) in [6.45, 7) is 3.14. The second kappa shape index (κ2) is 6.17. The molecule has 5 nitrogen and oxygen atoms in total. The van der Waals surface area contributed by atoms with Crippen molar-refractivity contribution in [2.75, 3.05) is 26.2 Å². The number of likely N-dealkylation sites (tertiary alicyclic amines) is 1. The topological polar surface area (TPSA) is 64.4 Å². The highest BCUT2D eigenvalue weighted by Gasteiger charge is 2.36. The van der Waals surface area contributed by atoms with Crippen LogP contribution in [0.2, 0.25) is 5.02 Å². The molecule has 1 aromatic carbocycles. The molecule has 2 aliphatic rings. The van der Waals surface area contributed by atoms with E-state index < -0.39 is 10.0 Å². The molecule has 118 valence electrons. The molecule has 1 atom stereocenters. The van der Waals surface area contributed by atoms with Gasteiger partial charge in [0.05, 0.1) is 5.56 Å². The highest BCUT2D eigenvalue weighted by Crippen LogP contribution is 2.28. The highest BCUT2D eigenvalue weighted by molar-refractivity contribution is 7.89. The Morgan fingerprint density at radius 3 is 2.64 bits per heavy atom. The normalized spacial score (nSPS) is 23.7. The second-order valence-electron chi connectivity index (χ2n) is 5.80. The zero-order valence-electron chi connectivity index (χ0n) is 12.2. The Labute approximate surface area is 136 Å². The van der Waals surface area contributed by atoms with E-state index in [2.05, 4.69) is 4.90 Å². The average Bonchev–Trinajstić information content (AvgIpc) is 3.17. The van der Waals surface area contributed by atoms with Gasteiger partial charge in [-0.1, -0.05) is 11.6 Å². The second-order valence-corrected chi connectivity index (χ2v) is 8.14. The van der Waals surface area contributed by atoms with Crippen molar-refractivity contribution < 1.29 is 8.42 Å². The van der Waals surface area contributed by atoms with Gasteiger partial charge < -0.3 is 0 Å². The third-order valence-electron chi connectivity index (χ3n) is 4.46. The molecule has 0 radical (unpaired) electrons. The van der Waals surface area contributed by atoms with Gasteiger partial charge in [-0.3, -0.25) is 4.90 Å². The standard InChI is InChI=1S/C15H18ClN3O2S/c16-13-3-4-15(12(9-13)10-17)22(20,21)19-8-5-14(11-19)18-6-1-2-7-18/h3-4,9,14H,1-2,5-8,11H2/t14-/m1/s1. The molecule has 1 aromatic rings. The van der Waals surface area contributed by atoms with Crippen LogP contribution in [-0.4, -0.2) is 49.8 Å². The van der Waals surface area contributed by atoms with Gasteiger partial charge >= 0.3 is 0 Å². The van der Waals surface area contributed by atoms with Crippen LogP contribution in [0.25, 0.3) is 0 Å². The molecule has 2 aliphatic heterocycles. The Kier molecular flexibility index (Phi) is 4.42. The van der Waals surface area contributed by atoms with Crippen LogP contribution in [0.4, 0.5) is 0 Å². The van der Waals surface area contributed by atoms with Crippen molar-refractivity contribution in [3.8, 4) is 6.07 Å². The van der Waals surface area contributed by atoms with E-state index in [4.69, 9.17) is 11.6 Å². The van der Waals surface area contributed by atoms with E-state index in [1.54, 1.807) is 0 Å². The molecule has 2 heterocycles. The summed E-state index contributed by atoms with van der Waals surface area (Å²) >= 11 is 5.85. The van der Waals surface area contributed by atoms with Gasteiger partial charge in [-0.05, 0) is 50.6 Å². The Balaban J connectivity index is 1.84. The summed E-state index contributed by atoms with van der Waals surface area (Å²) in [5, 5.41) is 9.54. The largest absolute Gasteiger partial charge is 0.299 e. The number of hydrogen-bond donors (Lipinski definition) is 0. The zero-order valence-corrected chi connectivity index (χ0v) is 13.8. The molecule has 22 heavy (non-hydrogen) atoms. The molecule has 0 aromatic heterocycles. The van der Waals surface area contributed by atoms with Crippen molar-refractivity contribution >= 4 is 21.6 Å². The molecule has 3 rings (SSSR count). The average molecular weight is 340 g/mol. The molecule has 0 N–H and O–H groups in total. The summed E-state index contributed by atoms with van der Waals surface area (Å²) in [5.41, 5.74) is 0.108. The molecule has 0 unspecified atom stereocenters. The maximum Gasteiger partial charge on any atom is 0.244 e. The van der Waals surface area contributed by atoms with Crippen LogP contribution in [-0.2, 0) is 10.0 Å². The van der Waals surface area contributed by atoms with Gasteiger partial charge in [0.25, 0.3) is 0 Å². The van der Waals surface area contributed by atoms with E-state index in [1.807, 2.05) is 6.07 Å². The highest BCUT2D eigenvalue weighted by atomic mass is 35.5. The molecule has 0 amide bonds. The van der Waals surface area contributed by atoms with Crippen molar-refractivity contribution in [2.24, 2.45) is 0 Å². The van der Waals surface area contributed by atoms with E-state index in [0.717, 1.165) is 19.5 Å². The molecule has 0 aliphatic carbocycles. The van der Waals surface area contributed by atoms with Gasteiger partial charge in [0.2, 0.25) is 10.0 Å². The first kappa shape index (κ1) is 15.8. The lowest BCUT2D eigenvalue weighted by Gasteiger charge is -2.23. The fourth-order valence-electron chi connectivity index (χ4n) is 3.29. The first-order chi connectivity index (χ1) is 10.5. The fourth-order valence-corrected chi connectivity index (χ4v) is 5.07. The summed E-state index contributed by atoms with van der Waals surface area (Å²) in [4.78, 5) is 2.43. The van der Waals surface area contributed by atoms with Crippen LogP contribution in [0.15, 0.2) is 23.1 Å². The molecular weight excluding hydrogens is 322 g/mol. The Morgan fingerprint density at radius 1 is 1.23 bits per heavy atom. The number of sulfonamides is 1. The third kappa shape index (κ3) is 2.86. The van der Waals surface area contributed by atoms with E-state index in [-0.39, 0.29) is 10.5 Å². The maximum atomic E-state index is 12.8. The van der Waals surface area contributed by atoms with Crippen molar-refractivity contribution in [3.05, 3.63) is 28.8 Å². The lowest BCUT2D eigenvalue weighted by Crippen LogP contribution is -2.37. The van der Waals surface area contributed by atoms with E-state index in [1.165, 1.54) is 35.3 Å². The van der Waals surface area contributed by atoms with Crippen LogP contribution in [0.1, 0.15) is 24.8 Å². The number of nitrogens with zero attached hydrogens (tertiary/aromatic N) is 3. The van der Waals surface area contributed by atoms with Gasteiger partial charge in [0.1, 0.15) is 11.0 Å². The van der Waals surface area contributed by atoms with Gasteiger partial charge in [0.15, 0.2) is 0 Å². The Morgan fingerprint density at radius 2 is 1.95 bits per heavy atom. The molecule has 0 bridgehead atoms. The summed E-state index contributed by atoms with van der Waals surface area (Å²) in [6.07, 6.45) is 3.24. The number of hydrogen-bond acceptors (Lipinski definition) is 4. The number of benzene rings is 1. The monoisotopic (exact) mass is 339 g/mol. The first-order valence-corrected chi connectivity index (χ1v) is 9.28. The van der Waals surface area contributed by atoms with E-state index in [0.29, 0.717) is 24.2 Å². The van der Waals surface area contributed by atoms with Gasteiger partial charge in [-0.25, -0.2) is 8.42 Å². The molecule has 0 spiro atoms. The van der Waals surface area contributed by atoms with Crippen LogP contribution < -0.4 is 0 Å². The summed E-state index contributed by atoms with van der Waals surface area (Å²) in [6, 6.07) is 6.58. The molecule has 0 saturated carbocycles. The van der Waals surface area contributed by atoms with Crippen LogP contribution in [0.3, 0.4) is 0 Å². The van der Waals surface area contributed by atoms with E-state index >= 15 is 0 Å². The lowest BCUT2D eigenvalue weighted by molar-refractivity contribution is 0.251. The molecule has 2 fully saturated rings. The molecule has 7 heteroatoms. The van der Waals surface area contributed by atoms with Gasteiger partial charge in [-0.15, -0.1) is 0 Å². The SMILES string of the molecule is N#Cc1cc(Cl)ccc1S(=O)(=O)N1CC[C@@H](N2CCCC2)C1. The van der Waals surface area contributed by atoms with E-state index in [9.17, 15) is 13.7 Å². The molecule has 2 saturated heterocycles. The smallest absolute Gasteiger partial charge is 0.244 e. The fraction of sp³-hybridized carbons (Fsp3) is 0.533. The first-order valence-electron chi connectivity index (χ1n) is 7.46. The minimum Gasteiger partial charge on any atom is -0.299 e. The summed E-state index contributed by atoms with van der Waals surface area (Å²) < 4.78 is 27.1.